The molecule has 1 amide bonds. The fraction of sp³-hybridized carbons (Fsp3) is 0.0800. The lowest BCUT2D eigenvalue weighted by atomic mass is 10.2. The third-order valence-corrected chi connectivity index (χ3v) is 5.69. The van der Waals surface area contributed by atoms with Crippen molar-refractivity contribution in [3.8, 4) is 11.5 Å². The van der Waals surface area contributed by atoms with E-state index in [1.165, 1.54) is 34.9 Å². The standard InChI is InChI=1S/C25H20N2O5S/c1-2-32-21-13-16(11-12-20(21)28)14-22-23(29)27(19-9-4-3-5-10-19)25(33-22)26-18-8-6-7-17(15-18)24(30)31/h3-15,28H,2H2,1H3,(H,30,31)/b22-14-,26-25?. The Bertz CT molecular complexity index is 1270. The van der Waals surface area contributed by atoms with Crippen LogP contribution in [-0.4, -0.2) is 33.9 Å². The Kier molecular flexibility index (Phi) is 6.46. The van der Waals surface area contributed by atoms with Crippen LogP contribution in [0, 0.1) is 0 Å². The molecular formula is C25H20N2O5S. The molecule has 1 heterocycles. The van der Waals surface area contributed by atoms with E-state index in [2.05, 4.69) is 4.99 Å². The van der Waals surface area contributed by atoms with Crippen molar-refractivity contribution < 1.29 is 24.5 Å². The fourth-order valence-corrected chi connectivity index (χ4v) is 4.22. The van der Waals surface area contributed by atoms with Crippen LogP contribution in [0.2, 0.25) is 0 Å². The van der Waals surface area contributed by atoms with Crippen LogP contribution in [0.15, 0.2) is 82.7 Å². The van der Waals surface area contributed by atoms with Gasteiger partial charge in [0.15, 0.2) is 16.7 Å². The highest BCUT2D eigenvalue weighted by atomic mass is 32.2. The summed E-state index contributed by atoms with van der Waals surface area (Å²) in [4.78, 5) is 31.2. The second-order valence-electron chi connectivity index (χ2n) is 7.00. The molecule has 0 bridgehead atoms. The molecule has 1 fully saturated rings. The maximum Gasteiger partial charge on any atom is 0.335 e. The molecule has 8 heteroatoms. The van der Waals surface area contributed by atoms with Crippen LogP contribution < -0.4 is 9.64 Å². The van der Waals surface area contributed by atoms with Gasteiger partial charge in [-0.15, -0.1) is 0 Å². The molecule has 0 aliphatic carbocycles. The van der Waals surface area contributed by atoms with Gasteiger partial charge in [-0.05, 0) is 72.8 Å². The SMILES string of the molecule is CCOc1cc(/C=C2\SC(=Nc3cccc(C(=O)O)c3)N(c3ccccc3)C2=O)ccc1O. The third kappa shape index (κ3) is 4.91. The molecule has 0 atom stereocenters. The highest BCUT2D eigenvalue weighted by Gasteiger charge is 2.34. The van der Waals surface area contributed by atoms with Crippen molar-refractivity contribution in [3.05, 3.63) is 88.8 Å². The van der Waals surface area contributed by atoms with E-state index in [9.17, 15) is 19.8 Å². The molecule has 1 aliphatic rings. The van der Waals surface area contributed by atoms with E-state index in [0.717, 1.165) is 0 Å². The molecule has 0 radical (unpaired) electrons. The molecule has 3 aromatic rings. The number of phenolic OH excluding ortho intramolecular Hbond substituents is 1. The number of carbonyl (C=O) groups excluding carboxylic acids is 1. The molecule has 2 N–H and O–H groups in total. The summed E-state index contributed by atoms with van der Waals surface area (Å²) in [6, 6.07) is 20.2. The molecule has 166 valence electrons. The van der Waals surface area contributed by atoms with Gasteiger partial charge in [0.2, 0.25) is 0 Å². The zero-order valence-corrected chi connectivity index (χ0v) is 18.5. The van der Waals surface area contributed by atoms with Gasteiger partial charge in [0.25, 0.3) is 5.91 Å². The second-order valence-corrected chi connectivity index (χ2v) is 8.01. The van der Waals surface area contributed by atoms with Crippen LogP contribution in [0.25, 0.3) is 6.08 Å². The average molecular weight is 461 g/mol. The van der Waals surface area contributed by atoms with Crippen molar-refractivity contribution in [2.45, 2.75) is 6.92 Å². The molecule has 0 saturated carbocycles. The number of thioether (sulfide) groups is 1. The first-order valence-corrected chi connectivity index (χ1v) is 10.9. The minimum Gasteiger partial charge on any atom is -0.504 e. The lowest BCUT2D eigenvalue weighted by Gasteiger charge is -2.15. The van der Waals surface area contributed by atoms with Gasteiger partial charge in [0.05, 0.1) is 28.5 Å². The summed E-state index contributed by atoms with van der Waals surface area (Å²) < 4.78 is 5.44. The van der Waals surface area contributed by atoms with Crippen LogP contribution in [0.1, 0.15) is 22.8 Å². The smallest absolute Gasteiger partial charge is 0.335 e. The lowest BCUT2D eigenvalue weighted by Crippen LogP contribution is -2.28. The van der Waals surface area contributed by atoms with Gasteiger partial charge in [0.1, 0.15) is 0 Å². The van der Waals surface area contributed by atoms with Gasteiger partial charge in [-0.3, -0.25) is 9.69 Å². The van der Waals surface area contributed by atoms with Crippen molar-refractivity contribution in [3.63, 3.8) is 0 Å². The predicted octanol–water partition coefficient (Wildman–Crippen LogP) is 5.30. The van der Waals surface area contributed by atoms with Crippen LogP contribution >= 0.6 is 11.8 Å². The number of ether oxygens (including phenoxy) is 1. The summed E-state index contributed by atoms with van der Waals surface area (Å²) in [7, 11) is 0. The van der Waals surface area contributed by atoms with E-state index in [4.69, 9.17) is 4.74 Å². The number of benzene rings is 3. The van der Waals surface area contributed by atoms with E-state index in [1.54, 1.807) is 42.5 Å². The summed E-state index contributed by atoms with van der Waals surface area (Å²) in [6.45, 7) is 2.22. The zero-order chi connectivity index (χ0) is 23.4. The molecule has 1 aliphatic heterocycles. The summed E-state index contributed by atoms with van der Waals surface area (Å²) in [5.74, 6) is -0.951. The first-order valence-electron chi connectivity index (χ1n) is 10.1. The predicted molar refractivity (Wildman–Crippen MR) is 129 cm³/mol. The number of nitrogens with zero attached hydrogens (tertiary/aromatic N) is 2. The van der Waals surface area contributed by atoms with E-state index in [-0.39, 0.29) is 17.2 Å². The number of phenols is 1. The highest BCUT2D eigenvalue weighted by molar-refractivity contribution is 8.19. The van der Waals surface area contributed by atoms with Gasteiger partial charge >= 0.3 is 5.97 Å². The summed E-state index contributed by atoms with van der Waals surface area (Å²) in [5, 5.41) is 19.6. The van der Waals surface area contributed by atoms with Gasteiger partial charge in [0, 0.05) is 0 Å². The maximum absolute atomic E-state index is 13.3. The maximum atomic E-state index is 13.3. The number of amides is 1. The fourth-order valence-electron chi connectivity index (χ4n) is 3.22. The summed E-state index contributed by atoms with van der Waals surface area (Å²) in [5.41, 5.74) is 1.87. The molecule has 0 spiro atoms. The Balaban J connectivity index is 1.76. The van der Waals surface area contributed by atoms with Crippen LogP contribution in [-0.2, 0) is 4.79 Å². The Labute approximate surface area is 194 Å². The summed E-state index contributed by atoms with van der Waals surface area (Å²) >= 11 is 1.19. The number of carbonyl (C=O) groups is 2. The number of carboxylic acids is 1. The minimum absolute atomic E-state index is 0.0240. The Morgan fingerprint density at radius 2 is 1.88 bits per heavy atom. The van der Waals surface area contributed by atoms with Crippen molar-refractivity contribution >= 4 is 46.3 Å². The van der Waals surface area contributed by atoms with Crippen LogP contribution in [0.3, 0.4) is 0 Å². The number of rotatable bonds is 6. The topological polar surface area (TPSA) is 99.4 Å². The summed E-state index contributed by atoms with van der Waals surface area (Å²) in [6.07, 6.45) is 1.71. The molecule has 0 aromatic heterocycles. The van der Waals surface area contributed by atoms with Crippen molar-refractivity contribution in [2.24, 2.45) is 4.99 Å². The van der Waals surface area contributed by atoms with Crippen LogP contribution in [0.5, 0.6) is 11.5 Å². The normalized spacial score (nSPS) is 15.9. The van der Waals surface area contributed by atoms with E-state index < -0.39 is 5.97 Å². The number of aliphatic imine (C=N–C) groups is 1. The van der Waals surface area contributed by atoms with Crippen molar-refractivity contribution in [2.75, 3.05) is 11.5 Å². The number of anilines is 1. The third-order valence-electron chi connectivity index (χ3n) is 4.72. The number of carboxylic acid groups (broad SMARTS) is 1. The molecule has 4 rings (SSSR count). The van der Waals surface area contributed by atoms with E-state index >= 15 is 0 Å². The van der Waals surface area contributed by atoms with E-state index in [1.807, 2.05) is 25.1 Å². The number of hydrogen-bond acceptors (Lipinski definition) is 6. The number of amidine groups is 1. The Morgan fingerprint density at radius 3 is 2.61 bits per heavy atom. The Hall–Kier alpha value is -4.04. The highest BCUT2D eigenvalue weighted by Crippen LogP contribution is 2.38. The van der Waals surface area contributed by atoms with Crippen LogP contribution in [0.4, 0.5) is 11.4 Å². The quantitative estimate of drug-likeness (QED) is 0.485. The van der Waals surface area contributed by atoms with Gasteiger partial charge < -0.3 is 14.9 Å². The first-order chi connectivity index (χ1) is 16.0. The van der Waals surface area contributed by atoms with Crippen molar-refractivity contribution in [1.29, 1.82) is 0 Å². The van der Waals surface area contributed by atoms with Crippen molar-refractivity contribution in [1.82, 2.24) is 0 Å². The van der Waals surface area contributed by atoms with Gasteiger partial charge in [-0.1, -0.05) is 30.3 Å². The van der Waals surface area contributed by atoms with Gasteiger partial charge in [-0.2, -0.15) is 0 Å². The first kappa shape index (κ1) is 22.2. The van der Waals surface area contributed by atoms with E-state index in [0.29, 0.717) is 39.4 Å². The molecule has 1 saturated heterocycles. The second kappa shape index (κ2) is 9.62. The average Bonchev–Trinajstić information content (AvgIpc) is 3.11. The number of para-hydroxylation sites is 1. The number of aromatic carboxylic acids is 1. The Morgan fingerprint density at radius 1 is 1.09 bits per heavy atom. The lowest BCUT2D eigenvalue weighted by molar-refractivity contribution is -0.113. The van der Waals surface area contributed by atoms with Gasteiger partial charge in [-0.25, -0.2) is 9.79 Å². The molecule has 3 aromatic carbocycles. The minimum atomic E-state index is -1.05. The number of aromatic hydroxyl groups is 1. The number of hydrogen-bond donors (Lipinski definition) is 2. The zero-order valence-electron chi connectivity index (χ0n) is 17.6. The monoisotopic (exact) mass is 460 g/mol. The molecule has 33 heavy (non-hydrogen) atoms. The molecule has 0 unspecified atom stereocenters. The molecular weight excluding hydrogens is 440 g/mol. The molecule has 7 nitrogen and oxygen atoms in total. The largest absolute Gasteiger partial charge is 0.504 e.